The fourth-order valence-electron chi connectivity index (χ4n) is 4.10. The Bertz CT molecular complexity index is 684. The van der Waals surface area contributed by atoms with Gasteiger partial charge in [-0.1, -0.05) is 28.1 Å². The van der Waals surface area contributed by atoms with Crippen LogP contribution in [0, 0.1) is 5.92 Å². The molecule has 3 atom stereocenters. The number of likely N-dealkylation sites (tertiary alicyclic amines) is 1. The Morgan fingerprint density at radius 2 is 1.93 bits per heavy atom. The quantitative estimate of drug-likeness (QED) is 0.471. The molecule has 0 amide bonds. The van der Waals surface area contributed by atoms with Gasteiger partial charge in [-0.05, 0) is 24.1 Å². The first kappa shape index (κ1) is 22.7. The predicted molar refractivity (Wildman–Crippen MR) is 96.7 cm³/mol. The molecule has 1 aromatic rings. The zero-order valence-electron chi connectivity index (χ0n) is 15.4. The lowest BCUT2D eigenvalue weighted by Gasteiger charge is -2.33. The second-order valence-electron chi connectivity index (χ2n) is 8.23. The number of benzene rings is 1. The number of halogens is 4. The van der Waals surface area contributed by atoms with Gasteiger partial charge in [-0.3, -0.25) is 0 Å². The Balaban J connectivity index is 0.00000261. The Morgan fingerprint density at radius 1 is 1.30 bits per heavy atom. The van der Waals surface area contributed by atoms with E-state index in [0.717, 1.165) is 15.5 Å². The van der Waals surface area contributed by atoms with Gasteiger partial charge in [0.1, 0.15) is 6.54 Å². The van der Waals surface area contributed by atoms with Crippen molar-refractivity contribution in [3.8, 4) is 0 Å². The molecule has 1 aliphatic heterocycles. The van der Waals surface area contributed by atoms with Crippen LogP contribution in [0.3, 0.4) is 0 Å². The highest BCUT2D eigenvalue weighted by molar-refractivity contribution is 9.10. The van der Waals surface area contributed by atoms with Crippen LogP contribution in [-0.2, 0) is 15.1 Å². The van der Waals surface area contributed by atoms with E-state index in [-0.39, 0.29) is 35.9 Å². The fourth-order valence-corrected chi connectivity index (χ4v) is 4.36. The molecule has 0 radical (unpaired) electrons. The lowest BCUT2D eigenvalue weighted by Crippen LogP contribution is -3.00. The van der Waals surface area contributed by atoms with Crippen LogP contribution in [-0.4, -0.2) is 54.8 Å². The maximum absolute atomic E-state index is 13.8. The Hall–Kier alpha value is -0.570. The molecule has 0 aromatic heterocycles. The van der Waals surface area contributed by atoms with Crippen LogP contribution in [0.2, 0.25) is 0 Å². The molecule has 3 rings (SSSR count). The van der Waals surface area contributed by atoms with E-state index in [1.54, 1.807) is 24.3 Å². The number of alkyl halides is 2. The van der Waals surface area contributed by atoms with Crippen LogP contribution in [0.1, 0.15) is 31.2 Å². The molecule has 8 heteroatoms. The second-order valence-corrected chi connectivity index (χ2v) is 9.14. The number of carbonyl (C=O) groups is 1. The summed E-state index contributed by atoms with van der Waals surface area (Å²) in [6.45, 7) is 1.53. The van der Waals surface area contributed by atoms with Crippen molar-refractivity contribution in [3.05, 3.63) is 34.3 Å². The first-order valence-corrected chi connectivity index (χ1v) is 9.70. The predicted octanol–water partition coefficient (Wildman–Crippen LogP) is 0.468. The third-order valence-corrected chi connectivity index (χ3v) is 6.15. The van der Waals surface area contributed by atoms with Crippen LogP contribution >= 0.6 is 15.9 Å². The first-order valence-electron chi connectivity index (χ1n) is 8.91. The van der Waals surface area contributed by atoms with Crippen molar-refractivity contribution < 1.29 is 44.9 Å². The summed E-state index contributed by atoms with van der Waals surface area (Å²) in [5.41, 5.74) is -1.75. The van der Waals surface area contributed by atoms with Crippen molar-refractivity contribution in [1.82, 2.24) is 0 Å². The van der Waals surface area contributed by atoms with E-state index in [1.807, 2.05) is 14.1 Å². The minimum Gasteiger partial charge on any atom is -1.00 e. The third kappa shape index (κ3) is 4.89. The van der Waals surface area contributed by atoms with Gasteiger partial charge >= 0.3 is 5.97 Å². The summed E-state index contributed by atoms with van der Waals surface area (Å²) >= 11 is 3.31. The summed E-state index contributed by atoms with van der Waals surface area (Å²) < 4.78 is 34.7. The van der Waals surface area contributed by atoms with E-state index in [4.69, 9.17) is 4.74 Å². The summed E-state index contributed by atoms with van der Waals surface area (Å²) in [4.78, 5) is 13.0. The lowest BCUT2D eigenvalue weighted by molar-refractivity contribution is -0.879. The number of rotatable bonds is 4. The monoisotopic (exact) mass is 511 g/mol. The number of aliphatic hydroxyl groups is 1. The highest BCUT2D eigenvalue weighted by Gasteiger charge is 2.55. The summed E-state index contributed by atoms with van der Waals surface area (Å²) in [6, 6.07) is 6.57. The van der Waals surface area contributed by atoms with Crippen molar-refractivity contribution >= 4 is 21.9 Å². The molecular weight excluding hydrogens is 488 g/mol. The molecule has 152 valence electrons. The van der Waals surface area contributed by atoms with Crippen LogP contribution in [0.15, 0.2) is 28.7 Å². The van der Waals surface area contributed by atoms with Crippen molar-refractivity contribution in [3.63, 3.8) is 0 Å². The van der Waals surface area contributed by atoms with Crippen molar-refractivity contribution in [2.45, 2.75) is 43.3 Å². The van der Waals surface area contributed by atoms with Crippen molar-refractivity contribution in [2.75, 3.05) is 27.2 Å². The van der Waals surface area contributed by atoms with Crippen LogP contribution in [0.4, 0.5) is 8.78 Å². The van der Waals surface area contributed by atoms with E-state index in [2.05, 4.69) is 15.9 Å². The summed E-state index contributed by atoms with van der Waals surface area (Å²) in [6.07, 6.45) is -0.351. The Morgan fingerprint density at radius 3 is 2.41 bits per heavy atom. The van der Waals surface area contributed by atoms with Crippen molar-refractivity contribution in [2.24, 2.45) is 5.92 Å². The van der Waals surface area contributed by atoms with Gasteiger partial charge in [0.15, 0.2) is 11.7 Å². The molecule has 1 aromatic carbocycles. The number of likely N-dealkylation sites (N-methyl/N-ethyl adjacent to an activating group) is 1. The molecule has 0 spiro atoms. The van der Waals surface area contributed by atoms with Crippen LogP contribution < -0.4 is 17.0 Å². The SMILES string of the molecule is C[N+]1(C)CC[C@@H](OC(=O)[C@](O)(c2ccc(Br)cc2)[C@@H]2CCC(F)(F)C2)C1.[Br-]. The molecule has 2 fully saturated rings. The normalized spacial score (nSPS) is 28.2. The van der Waals surface area contributed by atoms with E-state index in [0.29, 0.717) is 18.5 Å². The maximum Gasteiger partial charge on any atom is 0.343 e. The summed E-state index contributed by atoms with van der Waals surface area (Å²) in [5.74, 6) is -4.54. The number of hydrogen-bond donors (Lipinski definition) is 1. The molecule has 1 aliphatic carbocycles. The number of esters is 1. The van der Waals surface area contributed by atoms with Crippen molar-refractivity contribution in [1.29, 1.82) is 0 Å². The molecule has 1 heterocycles. The number of carbonyl (C=O) groups excluding carboxylic acids is 1. The van der Waals surface area contributed by atoms with Gasteiger partial charge in [-0.2, -0.15) is 0 Å². The van der Waals surface area contributed by atoms with Gasteiger partial charge in [0, 0.05) is 29.7 Å². The topological polar surface area (TPSA) is 46.5 Å². The average molecular weight is 513 g/mol. The van der Waals surface area contributed by atoms with Gasteiger partial charge < -0.3 is 31.3 Å². The minimum atomic E-state index is -2.86. The second kappa shape index (κ2) is 8.05. The number of ether oxygens (including phenoxy) is 1. The average Bonchev–Trinajstić information content (AvgIpc) is 3.08. The number of hydrogen-bond acceptors (Lipinski definition) is 3. The van der Waals surface area contributed by atoms with Gasteiger partial charge in [0.05, 0.1) is 20.6 Å². The van der Waals surface area contributed by atoms with Crippen LogP contribution in [0.5, 0.6) is 0 Å². The molecule has 2 aliphatic rings. The molecule has 0 unspecified atom stereocenters. The Labute approximate surface area is 177 Å². The highest BCUT2D eigenvalue weighted by Crippen LogP contribution is 2.48. The zero-order chi connectivity index (χ0) is 19.2. The minimum absolute atomic E-state index is 0. The molecule has 27 heavy (non-hydrogen) atoms. The Kier molecular flexibility index (Phi) is 6.77. The zero-order valence-corrected chi connectivity index (χ0v) is 18.6. The van der Waals surface area contributed by atoms with Gasteiger partial charge in [-0.25, -0.2) is 13.6 Å². The molecule has 1 saturated heterocycles. The summed E-state index contributed by atoms with van der Waals surface area (Å²) in [5, 5.41) is 11.3. The molecule has 1 N–H and O–H groups in total. The van der Waals surface area contributed by atoms with Gasteiger partial charge in [0.25, 0.3) is 0 Å². The largest absolute Gasteiger partial charge is 1.00 e. The molecule has 1 saturated carbocycles. The summed E-state index contributed by atoms with van der Waals surface area (Å²) in [7, 11) is 4.10. The highest BCUT2D eigenvalue weighted by atomic mass is 79.9. The van der Waals surface area contributed by atoms with Crippen LogP contribution in [0.25, 0.3) is 0 Å². The first-order chi connectivity index (χ1) is 12.0. The maximum atomic E-state index is 13.8. The van der Waals surface area contributed by atoms with Gasteiger partial charge in [-0.15, -0.1) is 0 Å². The lowest BCUT2D eigenvalue weighted by atomic mass is 9.80. The molecular formula is C19H25Br2F2NO3. The standard InChI is InChI=1S/C19H25BrF2NO3.BrH/c1-23(2)10-8-16(12-23)26-17(24)19(25,13-3-5-15(20)6-4-13)14-7-9-18(21,22)11-14;/h3-6,14,16,25H,7-12H2,1-2H3;1H/q+1;/p-1/t14-,16-,19+;/m1./s1. The van der Waals surface area contributed by atoms with E-state index >= 15 is 0 Å². The fraction of sp³-hybridized carbons (Fsp3) is 0.632. The van der Waals surface area contributed by atoms with Gasteiger partial charge in [0.2, 0.25) is 5.92 Å². The molecule has 0 bridgehead atoms. The van der Waals surface area contributed by atoms with E-state index in [9.17, 15) is 18.7 Å². The molecule has 4 nitrogen and oxygen atoms in total. The number of nitrogens with zero attached hydrogens (tertiary/aromatic N) is 1. The smallest absolute Gasteiger partial charge is 0.343 e. The van der Waals surface area contributed by atoms with E-state index < -0.39 is 29.8 Å². The number of quaternary nitrogens is 1. The van der Waals surface area contributed by atoms with E-state index in [1.165, 1.54) is 0 Å². The third-order valence-electron chi connectivity index (χ3n) is 5.62.